The van der Waals surface area contributed by atoms with Crippen molar-refractivity contribution in [1.82, 2.24) is 0 Å². The maximum atomic E-state index is 9.10. The van der Waals surface area contributed by atoms with Crippen molar-refractivity contribution in [3.05, 3.63) is 21.1 Å². The van der Waals surface area contributed by atoms with Gasteiger partial charge in [0.1, 0.15) is 11.5 Å². The SMILES string of the molecule is COc1c(Br)cc(O)cc1Br. The lowest BCUT2D eigenvalue weighted by Gasteiger charge is -2.05. The number of aromatic hydroxyl groups is 1. The molecule has 0 saturated carbocycles. The first-order chi connectivity index (χ1) is 5.15. The molecule has 60 valence electrons. The molecular weight excluding hydrogens is 276 g/mol. The Kier molecular flexibility index (Phi) is 2.78. The van der Waals surface area contributed by atoms with Crippen LogP contribution in [-0.2, 0) is 0 Å². The van der Waals surface area contributed by atoms with Gasteiger partial charge in [-0.3, -0.25) is 0 Å². The molecule has 0 fully saturated rings. The quantitative estimate of drug-likeness (QED) is 0.858. The molecule has 0 spiro atoms. The Morgan fingerprint density at radius 2 is 1.73 bits per heavy atom. The van der Waals surface area contributed by atoms with Crippen molar-refractivity contribution in [3.63, 3.8) is 0 Å². The first kappa shape index (κ1) is 8.87. The Morgan fingerprint density at radius 3 is 2.09 bits per heavy atom. The van der Waals surface area contributed by atoms with Gasteiger partial charge in [-0.15, -0.1) is 0 Å². The van der Waals surface area contributed by atoms with Gasteiger partial charge in [-0.05, 0) is 44.0 Å². The fourth-order valence-electron chi connectivity index (χ4n) is 0.742. The van der Waals surface area contributed by atoms with E-state index in [4.69, 9.17) is 9.84 Å². The fraction of sp³-hybridized carbons (Fsp3) is 0.143. The predicted octanol–water partition coefficient (Wildman–Crippen LogP) is 2.93. The van der Waals surface area contributed by atoms with E-state index in [0.717, 1.165) is 8.95 Å². The van der Waals surface area contributed by atoms with Gasteiger partial charge in [-0.2, -0.15) is 0 Å². The van der Waals surface area contributed by atoms with Gasteiger partial charge in [0, 0.05) is 0 Å². The van der Waals surface area contributed by atoms with Crippen LogP contribution in [0.3, 0.4) is 0 Å². The van der Waals surface area contributed by atoms with Crippen molar-refractivity contribution >= 4 is 31.9 Å². The van der Waals surface area contributed by atoms with Gasteiger partial charge in [0.05, 0.1) is 16.1 Å². The van der Waals surface area contributed by atoms with Gasteiger partial charge in [0.25, 0.3) is 0 Å². The minimum absolute atomic E-state index is 0.199. The monoisotopic (exact) mass is 280 g/mol. The number of phenols is 1. The summed E-state index contributed by atoms with van der Waals surface area (Å²) in [7, 11) is 1.57. The molecular formula is C7H6Br2O2. The molecule has 0 aliphatic carbocycles. The van der Waals surface area contributed by atoms with Crippen LogP contribution in [0.4, 0.5) is 0 Å². The van der Waals surface area contributed by atoms with E-state index in [1.807, 2.05) is 0 Å². The van der Waals surface area contributed by atoms with Crippen LogP contribution in [-0.4, -0.2) is 12.2 Å². The molecule has 2 nitrogen and oxygen atoms in total. The lowest BCUT2D eigenvalue weighted by Crippen LogP contribution is -1.85. The summed E-state index contributed by atoms with van der Waals surface area (Å²) >= 11 is 6.49. The highest BCUT2D eigenvalue weighted by Crippen LogP contribution is 2.36. The standard InChI is InChI=1S/C7H6Br2O2/c1-11-7-5(8)2-4(10)3-6(7)9/h2-3,10H,1H3. The summed E-state index contributed by atoms with van der Waals surface area (Å²) in [5, 5.41) is 9.10. The van der Waals surface area contributed by atoms with Gasteiger partial charge < -0.3 is 9.84 Å². The highest BCUT2D eigenvalue weighted by molar-refractivity contribution is 9.11. The summed E-state index contributed by atoms with van der Waals surface area (Å²) in [4.78, 5) is 0. The Balaban J connectivity index is 3.25. The van der Waals surface area contributed by atoms with Crippen LogP contribution in [0, 0.1) is 0 Å². The number of methoxy groups -OCH3 is 1. The van der Waals surface area contributed by atoms with E-state index in [0.29, 0.717) is 5.75 Å². The van der Waals surface area contributed by atoms with Crippen molar-refractivity contribution in [2.75, 3.05) is 7.11 Å². The van der Waals surface area contributed by atoms with Crippen molar-refractivity contribution in [3.8, 4) is 11.5 Å². The summed E-state index contributed by atoms with van der Waals surface area (Å²) in [5.74, 6) is 0.882. The van der Waals surface area contributed by atoms with E-state index in [1.165, 1.54) is 0 Å². The average molecular weight is 282 g/mol. The molecule has 0 amide bonds. The minimum Gasteiger partial charge on any atom is -0.508 e. The van der Waals surface area contributed by atoms with E-state index in [-0.39, 0.29) is 5.75 Å². The normalized spacial score (nSPS) is 9.73. The Labute approximate surface area is 81.4 Å². The van der Waals surface area contributed by atoms with Crippen molar-refractivity contribution in [2.45, 2.75) is 0 Å². The summed E-state index contributed by atoms with van der Waals surface area (Å²) in [6, 6.07) is 3.15. The molecule has 0 aromatic heterocycles. The number of ether oxygens (including phenoxy) is 1. The van der Waals surface area contributed by atoms with E-state index in [2.05, 4.69) is 31.9 Å². The lowest BCUT2D eigenvalue weighted by molar-refractivity contribution is 0.406. The molecule has 0 atom stereocenters. The van der Waals surface area contributed by atoms with E-state index in [1.54, 1.807) is 19.2 Å². The summed E-state index contributed by atoms with van der Waals surface area (Å²) in [6.07, 6.45) is 0. The van der Waals surface area contributed by atoms with Crippen molar-refractivity contribution in [2.24, 2.45) is 0 Å². The van der Waals surface area contributed by atoms with Crippen molar-refractivity contribution < 1.29 is 9.84 Å². The van der Waals surface area contributed by atoms with Gasteiger partial charge in [-0.25, -0.2) is 0 Å². The molecule has 1 rings (SSSR count). The lowest BCUT2D eigenvalue weighted by atomic mass is 10.3. The summed E-state index contributed by atoms with van der Waals surface area (Å²) < 4.78 is 6.48. The van der Waals surface area contributed by atoms with Crippen LogP contribution in [0.25, 0.3) is 0 Å². The van der Waals surface area contributed by atoms with Gasteiger partial charge >= 0.3 is 0 Å². The summed E-state index contributed by atoms with van der Waals surface area (Å²) in [5.41, 5.74) is 0. The maximum Gasteiger partial charge on any atom is 0.147 e. The number of hydrogen-bond donors (Lipinski definition) is 1. The van der Waals surface area contributed by atoms with Crippen LogP contribution < -0.4 is 4.74 Å². The highest BCUT2D eigenvalue weighted by Gasteiger charge is 2.06. The van der Waals surface area contributed by atoms with E-state index in [9.17, 15) is 0 Å². The van der Waals surface area contributed by atoms with Crippen LogP contribution in [0.2, 0.25) is 0 Å². The Bertz CT molecular complexity index is 250. The molecule has 0 aliphatic heterocycles. The van der Waals surface area contributed by atoms with Gasteiger partial charge in [0.2, 0.25) is 0 Å². The van der Waals surface area contributed by atoms with Crippen LogP contribution >= 0.6 is 31.9 Å². The minimum atomic E-state index is 0.199. The number of hydrogen-bond acceptors (Lipinski definition) is 2. The molecule has 1 aromatic carbocycles. The van der Waals surface area contributed by atoms with Gasteiger partial charge in [-0.1, -0.05) is 0 Å². The number of halogens is 2. The molecule has 0 unspecified atom stereocenters. The molecule has 0 saturated heterocycles. The smallest absolute Gasteiger partial charge is 0.147 e. The number of phenolic OH excluding ortho intramolecular Hbond substituents is 1. The van der Waals surface area contributed by atoms with E-state index < -0.39 is 0 Å². The van der Waals surface area contributed by atoms with Crippen LogP contribution in [0.15, 0.2) is 21.1 Å². The number of rotatable bonds is 1. The third kappa shape index (κ3) is 1.87. The van der Waals surface area contributed by atoms with Crippen molar-refractivity contribution in [1.29, 1.82) is 0 Å². The molecule has 1 N–H and O–H groups in total. The zero-order chi connectivity index (χ0) is 8.43. The summed E-state index contributed by atoms with van der Waals surface area (Å²) in [6.45, 7) is 0. The molecule has 0 bridgehead atoms. The zero-order valence-corrected chi connectivity index (χ0v) is 8.94. The zero-order valence-electron chi connectivity index (χ0n) is 5.77. The Morgan fingerprint density at radius 1 is 1.27 bits per heavy atom. The second-order valence-electron chi connectivity index (χ2n) is 1.94. The fourth-order valence-corrected chi connectivity index (χ4v) is 2.23. The third-order valence-corrected chi connectivity index (χ3v) is 2.37. The predicted molar refractivity (Wildman–Crippen MR) is 50.1 cm³/mol. The molecule has 0 radical (unpaired) electrons. The topological polar surface area (TPSA) is 29.5 Å². The molecule has 0 heterocycles. The molecule has 0 aliphatic rings. The Hall–Kier alpha value is -0.220. The first-order valence-corrected chi connectivity index (χ1v) is 4.45. The molecule has 4 heteroatoms. The third-order valence-electron chi connectivity index (χ3n) is 1.19. The van der Waals surface area contributed by atoms with Crippen LogP contribution in [0.1, 0.15) is 0 Å². The average Bonchev–Trinajstić information content (AvgIpc) is 1.85. The number of benzene rings is 1. The largest absolute Gasteiger partial charge is 0.508 e. The first-order valence-electron chi connectivity index (χ1n) is 2.87. The van der Waals surface area contributed by atoms with Crippen LogP contribution in [0.5, 0.6) is 11.5 Å². The second-order valence-corrected chi connectivity index (χ2v) is 3.65. The second kappa shape index (κ2) is 3.45. The molecule has 11 heavy (non-hydrogen) atoms. The van der Waals surface area contributed by atoms with Gasteiger partial charge in [0.15, 0.2) is 0 Å². The maximum absolute atomic E-state index is 9.10. The van der Waals surface area contributed by atoms with E-state index >= 15 is 0 Å². The molecule has 1 aromatic rings. The highest BCUT2D eigenvalue weighted by atomic mass is 79.9.